The maximum absolute atomic E-state index is 12.2. The third kappa shape index (κ3) is 5.35. The van der Waals surface area contributed by atoms with Crippen LogP contribution in [0.4, 0.5) is 5.69 Å². The van der Waals surface area contributed by atoms with E-state index in [1.165, 1.54) is 6.26 Å². The standard InChI is InChI=1S/C16H21NO5S/c1-23(21,22)10-11-5-7-14(8-6-11)17-15(18)12-3-2-4-13(9-12)16(19)20/h5-8,12-13H,2-4,9-10H2,1H3,(H,17,18)(H,19,20). The molecule has 0 bridgehead atoms. The fraction of sp³-hybridized carbons (Fsp3) is 0.500. The smallest absolute Gasteiger partial charge is 0.306 e. The van der Waals surface area contributed by atoms with Crippen LogP contribution in [-0.4, -0.2) is 31.7 Å². The van der Waals surface area contributed by atoms with Crippen molar-refractivity contribution in [1.82, 2.24) is 0 Å². The Morgan fingerprint density at radius 3 is 2.35 bits per heavy atom. The highest BCUT2D eigenvalue weighted by Gasteiger charge is 2.30. The van der Waals surface area contributed by atoms with E-state index in [0.29, 0.717) is 30.5 Å². The molecule has 0 heterocycles. The molecule has 1 saturated carbocycles. The van der Waals surface area contributed by atoms with Crippen molar-refractivity contribution in [2.75, 3.05) is 11.6 Å². The van der Waals surface area contributed by atoms with Gasteiger partial charge < -0.3 is 10.4 Å². The van der Waals surface area contributed by atoms with Crippen LogP contribution in [0.3, 0.4) is 0 Å². The number of benzene rings is 1. The van der Waals surface area contributed by atoms with E-state index in [9.17, 15) is 18.0 Å². The number of amides is 1. The highest BCUT2D eigenvalue weighted by Crippen LogP contribution is 2.30. The molecule has 7 heteroatoms. The summed E-state index contributed by atoms with van der Waals surface area (Å²) in [6.45, 7) is 0. The minimum absolute atomic E-state index is 0.0376. The average molecular weight is 339 g/mol. The predicted octanol–water partition coefficient (Wildman–Crippen LogP) is 2.06. The fourth-order valence-electron chi connectivity index (χ4n) is 2.88. The molecule has 0 spiro atoms. The highest BCUT2D eigenvalue weighted by atomic mass is 32.2. The molecule has 1 fully saturated rings. The summed E-state index contributed by atoms with van der Waals surface area (Å²) in [7, 11) is -3.09. The number of hydrogen-bond acceptors (Lipinski definition) is 4. The lowest BCUT2D eigenvalue weighted by molar-refractivity contribution is -0.143. The van der Waals surface area contributed by atoms with Gasteiger partial charge in [-0.25, -0.2) is 8.42 Å². The molecule has 1 amide bonds. The molecule has 0 radical (unpaired) electrons. The van der Waals surface area contributed by atoms with Crippen molar-refractivity contribution >= 4 is 27.4 Å². The van der Waals surface area contributed by atoms with Gasteiger partial charge in [-0.15, -0.1) is 0 Å². The van der Waals surface area contributed by atoms with E-state index >= 15 is 0 Å². The summed E-state index contributed by atoms with van der Waals surface area (Å²) in [5, 5.41) is 11.8. The number of carbonyl (C=O) groups excluding carboxylic acids is 1. The number of nitrogens with one attached hydrogen (secondary N) is 1. The minimum atomic E-state index is -3.09. The molecule has 2 atom stereocenters. The van der Waals surface area contributed by atoms with Crippen molar-refractivity contribution in [2.45, 2.75) is 31.4 Å². The lowest BCUT2D eigenvalue weighted by Gasteiger charge is -2.25. The van der Waals surface area contributed by atoms with E-state index in [1.807, 2.05) is 0 Å². The molecule has 2 unspecified atom stereocenters. The van der Waals surface area contributed by atoms with Crippen LogP contribution in [0.1, 0.15) is 31.2 Å². The Kier molecular flexibility index (Phi) is 5.41. The first-order valence-corrected chi connectivity index (χ1v) is 9.61. The summed E-state index contributed by atoms with van der Waals surface area (Å²) >= 11 is 0. The van der Waals surface area contributed by atoms with E-state index in [0.717, 1.165) is 6.42 Å². The second-order valence-corrected chi connectivity index (χ2v) is 8.30. The molecule has 0 aliphatic heterocycles. The lowest BCUT2D eigenvalue weighted by atomic mass is 9.81. The quantitative estimate of drug-likeness (QED) is 0.855. The Balaban J connectivity index is 1.96. The van der Waals surface area contributed by atoms with E-state index in [2.05, 4.69) is 5.32 Å². The summed E-state index contributed by atoms with van der Waals surface area (Å²) in [6.07, 6.45) is 3.60. The summed E-state index contributed by atoms with van der Waals surface area (Å²) < 4.78 is 22.5. The molecule has 1 aliphatic carbocycles. The van der Waals surface area contributed by atoms with Crippen LogP contribution in [0.2, 0.25) is 0 Å². The zero-order valence-electron chi connectivity index (χ0n) is 13.0. The summed E-state index contributed by atoms with van der Waals surface area (Å²) in [5.41, 5.74) is 1.25. The van der Waals surface area contributed by atoms with Crippen molar-refractivity contribution < 1.29 is 23.1 Å². The van der Waals surface area contributed by atoms with Crippen LogP contribution >= 0.6 is 0 Å². The van der Waals surface area contributed by atoms with Crippen molar-refractivity contribution in [3.63, 3.8) is 0 Å². The van der Waals surface area contributed by atoms with Gasteiger partial charge in [-0.1, -0.05) is 18.6 Å². The van der Waals surface area contributed by atoms with Gasteiger partial charge in [0.15, 0.2) is 9.84 Å². The van der Waals surface area contributed by atoms with E-state index in [4.69, 9.17) is 5.11 Å². The van der Waals surface area contributed by atoms with Crippen molar-refractivity contribution in [3.8, 4) is 0 Å². The van der Waals surface area contributed by atoms with Crippen molar-refractivity contribution in [3.05, 3.63) is 29.8 Å². The first-order valence-electron chi connectivity index (χ1n) is 7.55. The van der Waals surface area contributed by atoms with E-state index in [-0.39, 0.29) is 17.6 Å². The number of carboxylic acid groups (broad SMARTS) is 1. The van der Waals surface area contributed by atoms with Crippen molar-refractivity contribution in [2.24, 2.45) is 11.8 Å². The molecule has 0 aromatic heterocycles. The number of carboxylic acids is 1. The van der Waals surface area contributed by atoms with Crippen LogP contribution in [0.15, 0.2) is 24.3 Å². The zero-order valence-corrected chi connectivity index (χ0v) is 13.8. The number of anilines is 1. The summed E-state index contributed by atoms with van der Waals surface area (Å²) in [4.78, 5) is 23.3. The van der Waals surface area contributed by atoms with Gasteiger partial charge in [-0.05, 0) is 37.0 Å². The Labute approximate surface area is 135 Å². The second kappa shape index (κ2) is 7.12. The molecule has 126 valence electrons. The van der Waals surface area contributed by atoms with Gasteiger partial charge in [0.05, 0.1) is 11.7 Å². The zero-order chi connectivity index (χ0) is 17.0. The largest absolute Gasteiger partial charge is 0.481 e. The first kappa shape index (κ1) is 17.5. The summed E-state index contributed by atoms with van der Waals surface area (Å²) in [5.74, 6) is -1.79. The van der Waals surface area contributed by atoms with Crippen LogP contribution in [0.25, 0.3) is 0 Å². The van der Waals surface area contributed by atoms with Gasteiger partial charge in [-0.3, -0.25) is 9.59 Å². The first-order chi connectivity index (χ1) is 10.7. The monoisotopic (exact) mass is 339 g/mol. The number of aliphatic carboxylic acids is 1. The van der Waals surface area contributed by atoms with E-state index in [1.54, 1.807) is 24.3 Å². The molecule has 2 N–H and O–H groups in total. The molecule has 6 nitrogen and oxygen atoms in total. The predicted molar refractivity (Wildman–Crippen MR) is 86.7 cm³/mol. The minimum Gasteiger partial charge on any atom is -0.481 e. The van der Waals surface area contributed by atoms with Gasteiger partial charge in [0.1, 0.15) is 0 Å². The molecule has 0 saturated heterocycles. The molecule has 1 aromatic carbocycles. The molecule has 1 aliphatic rings. The van der Waals surface area contributed by atoms with Gasteiger partial charge in [0, 0.05) is 17.9 Å². The SMILES string of the molecule is CS(=O)(=O)Cc1ccc(NC(=O)C2CCCC(C(=O)O)C2)cc1. The topological polar surface area (TPSA) is 101 Å². The van der Waals surface area contributed by atoms with E-state index < -0.39 is 21.7 Å². The van der Waals surface area contributed by atoms with Crippen LogP contribution in [0, 0.1) is 11.8 Å². The Bertz CT molecular complexity index is 681. The lowest BCUT2D eigenvalue weighted by Crippen LogP contribution is -2.30. The second-order valence-electron chi connectivity index (χ2n) is 6.15. The Hall–Kier alpha value is -1.89. The molecular formula is C16H21NO5S. The van der Waals surface area contributed by atoms with Gasteiger partial charge in [-0.2, -0.15) is 0 Å². The molecular weight excluding hydrogens is 318 g/mol. The Morgan fingerprint density at radius 2 is 1.78 bits per heavy atom. The number of hydrogen-bond donors (Lipinski definition) is 2. The molecule has 2 rings (SSSR count). The number of rotatable bonds is 5. The van der Waals surface area contributed by atoms with Gasteiger partial charge in [0.2, 0.25) is 5.91 Å². The van der Waals surface area contributed by atoms with Crippen LogP contribution in [-0.2, 0) is 25.2 Å². The number of sulfone groups is 1. The summed E-state index contributed by atoms with van der Waals surface area (Å²) in [6, 6.07) is 6.65. The maximum atomic E-state index is 12.2. The van der Waals surface area contributed by atoms with Crippen LogP contribution in [0.5, 0.6) is 0 Å². The van der Waals surface area contributed by atoms with Crippen molar-refractivity contribution in [1.29, 1.82) is 0 Å². The maximum Gasteiger partial charge on any atom is 0.306 e. The highest BCUT2D eigenvalue weighted by molar-refractivity contribution is 7.89. The number of carbonyl (C=O) groups is 2. The molecule has 23 heavy (non-hydrogen) atoms. The normalized spacial score (nSPS) is 21.6. The Morgan fingerprint density at radius 1 is 1.17 bits per heavy atom. The molecule has 1 aromatic rings. The van der Waals surface area contributed by atoms with Gasteiger partial charge in [0.25, 0.3) is 0 Å². The third-order valence-corrected chi connectivity index (χ3v) is 4.90. The third-order valence-electron chi connectivity index (χ3n) is 4.04. The van der Waals surface area contributed by atoms with Gasteiger partial charge >= 0.3 is 5.97 Å². The fourth-order valence-corrected chi connectivity index (χ4v) is 3.68. The average Bonchev–Trinajstić information content (AvgIpc) is 2.48. The van der Waals surface area contributed by atoms with Crippen LogP contribution < -0.4 is 5.32 Å².